The fourth-order valence-electron chi connectivity index (χ4n) is 3.53. The number of benzene rings is 1. The fraction of sp³-hybridized carbons (Fsp3) is 0.529. The van der Waals surface area contributed by atoms with E-state index in [1.165, 1.54) is 0 Å². The number of halogens is 1. The monoisotopic (exact) mass is 371 g/mol. The van der Waals surface area contributed by atoms with Gasteiger partial charge in [0.1, 0.15) is 4.90 Å². The van der Waals surface area contributed by atoms with Crippen LogP contribution in [0.5, 0.6) is 0 Å². The molecule has 1 saturated heterocycles. The Balaban J connectivity index is 0.00000208. The molecule has 0 spiro atoms. The molecule has 0 aliphatic carbocycles. The first-order valence-corrected chi connectivity index (χ1v) is 9.67. The number of hydrogen-bond donors (Lipinski definition) is 2. The number of aromatic nitrogens is 1. The molecule has 0 saturated carbocycles. The molecule has 0 radical (unpaired) electrons. The van der Waals surface area contributed by atoms with E-state index >= 15 is 0 Å². The number of rotatable bonds is 4. The van der Waals surface area contributed by atoms with E-state index in [9.17, 15) is 8.42 Å². The summed E-state index contributed by atoms with van der Waals surface area (Å²) in [6.45, 7) is 5.73. The van der Waals surface area contributed by atoms with Gasteiger partial charge in [-0.25, -0.2) is 13.1 Å². The first-order chi connectivity index (χ1) is 10.9. The molecule has 0 amide bonds. The Labute approximate surface area is 150 Å². The summed E-state index contributed by atoms with van der Waals surface area (Å²) >= 11 is 0. The first-order valence-electron chi connectivity index (χ1n) is 8.19. The molecule has 5 nitrogen and oxygen atoms in total. The third-order valence-electron chi connectivity index (χ3n) is 4.99. The van der Waals surface area contributed by atoms with Crippen molar-refractivity contribution in [1.29, 1.82) is 0 Å². The highest BCUT2D eigenvalue weighted by Crippen LogP contribution is 2.29. The molecule has 0 bridgehead atoms. The molecule has 7 heteroatoms. The average molecular weight is 372 g/mol. The third kappa shape index (κ3) is 3.47. The quantitative estimate of drug-likeness (QED) is 0.868. The molecule has 24 heavy (non-hydrogen) atoms. The first kappa shape index (κ1) is 19.2. The fourth-order valence-corrected chi connectivity index (χ4v) is 5.32. The summed E-state index contributed by atoms with van der Waals surface area (Å²) in [5.74, 6) is 0.341. The number of hydrogen-bond acceptors (Lipinski definition) is 3. The molecule has 1 fully saturated rings. The van der Waals surface area contributed by atoms with Crippen LogP contribution < -0.4 is 10.0 Å². The van der Waals surface area contributed by atoms with Crippen molar-refractivity contribution in [3.05, 3.63) is 30.0 Å². The Morgan fingerprint density at radius 2 is 2.04 bits per heavy atom. The second-order valence-electron chi connectivity index (χ2n) is 6.51. The van der Waals surface area contributed by atoms with Crippen molar-refractivity contribution < 1.29 is 8.42 Å². The molecule has 2 heterocycles. The second-order valence-corrected chi connectivity index (χ2v) is 8.16. The van der Waals surface area contributed by atoms with Crippen LogP contribution in [-0.2, 0) is 17.1 Å². The molecule has 2 atom stereocenters. The number of nitrogens with one attached hydrogen (secondary N) is 2. The zero-order chi connectivity index (χ0) is 16.6. The summed E-state index contributed by atoms with van der Waals surface area (Å²) < 4.78 is 30.8. The van der Waals surface area contributed by atoms with Crippen molar-refractivity contribution in [3.63, 3.8) is 0 Å². The normalized spacial score (nSPS) is 19.9. The van der Waals surface area contributed by atoms with Crippen LogP contribution in [0.2, 0.25) is 0 Å². The molecule has 1 aliphatic heterocycles. The molecule has 2 N–H and O–H groups in total. The summed E-state index contributed by atoms with van der Waals surface area (Å²) in [6.07, 6.45) is 2.16. The number of para-hydroxylation sites is 1. The molecular formula is C17H26ClN3O2S. The molecule has 134 valence electrons. The van der Waals surface area contributed by atoms with E-state index in [-0.39, 0.29) is 18.4 Å². The smallest absolute Gasteiger partial charge is 0.243 e. The van der Waals surface area contributed by atoms with Crippen molar-refractivity contribution in [2.45, 2.75) is 37.6 Å². The van der Waals surface area contributed by atoms with Gasteiger partial charge in [0.2, 0.25) is 10.0 Å². The maximum Gasteiger partial charge on any atom is 0.243 e. The zero-order valence-electron chi connectivity index (χ0n) is 14.4. The van der Waals surface area contributed by atoms with Crippen molar-refractivity contribution in [1.82, 2.24) is 14.6 Å². The van der Waals surface area contributed by atoms with E-state index in [1.54, 1.807) is 0 Å². The van der Waals surface area contributed by atoms with Crippen LogP contribution in [0.3, 0.4) is 0 Å². The Morgan fingerprint density at radius 1 is 1.33 bits per heavy atom. The van der Waals surface area contributed by atoms with Gasteiger partial charge in [0.25, 0.3) is 0 Å². The minimum atomic E-state index is -3.54. The van der Waals surface area contributed by atoms with Crippen LogP contribution in [0.25, 0.3) is 10.9 Å². The van der Waals surface area contributed by atoms with Crippen LogP contribution in [0.4, 0.5) is 0 Å². The lowest BCUT2D eigenvalue weighted by atomic mass is 9.94. The van der Waals surface area contributed by atoms with Gasteiger partial charge in [-0.05, 0) is 51.8 Å². The summed E-state index contributed by atoms with van der Waals surface area (Å²) in [5.41, 5.74) is 1.71. The van der Waals surface area contributed by atoms with Crippen LogP contribution >= 0.6 is 12.4 Å². The van der Waals surface area contributed by atoms with Crippen molar-refractivity contribution in [2.75, 3.05) is 13.1 Å². The Kier molecular flexibility index (Phi) is 5.96. The topological polar surface area (TPSA) is 63.1 Å². The minimum absolute atomic E-state index is 0. The van der Waals surface area contributed by atoms with Crippen LogP contribution in [0.15, 0.2) is 29.2 Å². The van der Waals surface area contributed by atoms with Gasteiger partial charge >= 0.3 is 0 Å². The lowest BCUT2D eigenvalue weighted by Crippen LogP contribution is -2.44. The molecule has 2 aromatic rings. The van der Waals surface area contributed by atoms with Gasteiger partial charge in [-0.3, -0.25) is 0 Å². The van der Waals surface area contributed by atoms with Crippen LogP contribution in [0, 0.1) is 12.8 Å². The summed E-state index contributed by atoms with van der Waals surface area (Å²) in [7, 11) is -1.64. The van der Waals surface area contributed by atoms with E-state index in [2.05, 4.69) is 10.0 Å². The lowest BCUT2D eigenvalue weighted by Gasteiger charge is -2.28. The van der Waals surface area contributed by atoms with Crippen LogP contribution in [-0.4, -0.2) is 32.1 Å². The predicted octanol–water partition coefficient (Wildman–Crippen LogP) is 2.57. The average Bonchev–Trinajstić information content (AvgIpc) is 2.80. The summed E-state index contributed by atoms with van der Waals surface area (Å²) in [4.78, 5) is 0.409. The Hall–Kier alpha value is -1.08. The number of aryl methyl sites for hydroxylation is 1. The standard InChI is InChI=1S/C17H25N3O2S.ClH/c1-12(14-7-6-10-18-11-14)19-23(21,22)17-13(2)20(3)16-9-5-4-8-15(16)17;/h4-5,8-9,12,14,18-19H,6-7,10-11H2,1-3H3;1H. The molecule has 2 unspecified atom stereocenters. The van der Waals surface area contributed by atoms with Crippen LogP contribution in [0.1, 0.15) is 25.5 Å². The van der Waals surface area contributed by atoms with E-state index in [0.717, 1.165) is 42.5 Å². The second kappa shape index (κ2) is 7.44. The van der Waals surface area contributed by atoms with E-state index in [1.807, 2.05) is 49.7 Å². The number of fused-ring (bicyclic) bond motifs is 1. The number of nitrogens with zero attached hydrogens (tertiary/aromatic N) is 1. The van der Waals surface area contributed by atoms with Crippen molar-refractivity contribution in [2.24, 2.45) is 13.0 Å². The van der Waals surface area contributed by atoms with Gasteiger partial charge in [-0.15, -0.1) is 12.4 Å². The third-order valence-corrected chi connectivity index (χ3v) is 6.73. The van der Waals surface area contributed by atoms with Crippen molar-refractivity contribution in [3.8, 4) is 0 Å². The largest absolute Gasteiger partial charge is 0.347 e. The summed E-state index contributed by atoms with van der Waals surface area (Å²) in [5, 5.41) is 4.13. The number of piperidine rings is 1. The SMILES string of the molecule is Cc1c(S(=O)(=O)NC(C)C2CCCNC2)c2ccccc2n1C.Cl. The van der Waals surface area contributed by atoms with Gasteiger partial charge < -0.3 is 9.88 Å². The number of sulfonamides is 1. The highest BCUT2D eigenvalue weighted by atomic mass is 35.5. The van der Waals surface area contributed by atoms with Gasteiger partial charge in [0.05, 0.1) is 0 Å². The summed E-state index contributed by atoms with van der Waals surface area (Å²) in [6, 6.07) is 7.57. The molecule has 3 rings (SSSR count). The van der Waals surface area contributed by atoms with Gasteiger partial charge in [0.15, 0.2) is 0 Å². The maximum absolute atomic E-state index is 13.0. The van der Waals surface area contributed by atoms with Gasteiger partial charge in [0, 0.05) is 29.7 Å². The highest BCUT2D eigenvalue weighted by molar-refractivity contribution is 7.89. The molecular weight excluding hydrogens is 346 g/mol. The predicted molar refractivity (Wildman–Crippen MR) is 100 cm³/mol. The maximum atomic E-state index is 13.0. The van der Waals surface area contributed by atoms with E-state index in [0.29, 0.717) is 10.8 Å². The molecule has 1 aromatic carbocycles. The molecule has 1 aliphatic rings. The molecule has 1 aromatic heterocycles. The lowest BCUT2D eigenvalue weighted by molar-refractivity contribution is 0.320. The zero-order valence-corrected chi connectivity index (χ0v) is 16.0. The minimum Gasteiger partial charge on any atom is -0.347 e. The van der Waals surface area contributed by atoms with Gasteiger partial charge in [-0.1, -0.05) is 18.2 Å². The highest BCUT2D eigenvalue weighted by Gasteiger charge is 2.29. The van der Waals surface area contributed by atoms with Gasteiger partial charge in [-0.2, -0.15) is 0 Å². The van der Waals surface area contributed by atoms with E-state index in [4.69, 9.17) is 0 Å². The van der Waals surface area contributed by atoms with Crippen molar-refractivity contribution >= 4 is 33.3 Å². The van der Waals surface area contributed by atoms with E-state index < -0.39 is 10.0 Å². The Bertz CT molecular complexity index is 811. The Morgan fingerprint density at radius 3 is 2.71 bits per heavy atom.